The van der Waals surface area contributed by atoms with E-state index in [1.165, 1.54) is 0 Å². The molecule has 1 aromatic carbocycles. The Morgan fingerprint density at radius 3 is 2.33 bits per heavy atom. The largest absolute Gasteiger partial charge is 0.466 e. The second-order valence-electron chi connectivity index (χ2n) is 6.38. The maximum atomic E-state index is 12.9. The fourth-order valence-corrected chi connectivity index (χ4v) is 2.71. The lowest BCUT2D eigenvalue weighted by atomic mass is 10.0. The van der Waals surface area contributed by atoms with Crippen LogP contribution in [0, 0.1) is 0 Å². The molecule has 2 rings (SSSR count). The summed E-state index contributed by atoms with van der Waals surface area (Å²) < 4.78 is 10.8. The molecular weight excluding hydrogens is 344 g/mol. The molecule has 6 nitrogen and oxygen atoms in total. The van der Waals surface area contributed by atoms with Crippen molar-refractivity contribution in [1.29, 1.82) is 0 Å². The molecular formula is C21H26N2O4. The minimum absolute atomic E-state index is 0.0327. The summed E-state index contributed by atoms with van der Waals surface area (Å²) in [5.41, 5.74) is 1.75. The van der Waals surface area contributed by atoms with Crippen LogP contribution in [0.4, 0.5) is 0 Å². The molecule has 27 heavy (non-hydrogen) atoms. The highest BCUT2D eigenvalue weighted by Crippen LogP contribution is 2.23. The summed E-state index contributed by atoms with van der Waals surface area (Å²) in [7, 11) is 3.67. The summed E-state index contributed by atoms with van der Waals surface area (Å²) in [5, 5.41) is 0. The molecule has 1 aromatic heterocycles. The number of likely N-dealkylation sites (N-methyl/N-ethyl adjacent to an activating group) is 1. The third kappa shape index (κ3) is 6.49. The van der Waals surface area contributed by atoms with Crippen molar-refractivity contribution in [2.75, 3.05) is 20.7 Å². The van der Waals surface area contributed by atoms with Crippen molar-refractivity contribution in [3.8, 4) is 0 Å². The van der Waals surface area contributed by atoms with E-state index in [9.17, 15) is 9.59 Å². The Labute approximate surface area is 160 Å². The van der Waals surface area contributed by atoms with Gasteiger partial charge in [0, 0.05) is 12.4 Å². The van der Waals surface area contributed by atoms with Gasteiger partial charge in [-0.2, -0.15) is 0 Å². The molecule has 1 heterocycles. The van der Waals surface area contributed by atoms with E-state index in [4.69, 9.17) is 9.47 Å². The normalized spacial score (nSPS) is 13.0. The molecule has 0 N–H and O–H groups in total. The van der Waals surface area contributed by atoms with Crippen LogP contribution in [-0.2, 0) is 25.5 Å². The first-order chi connectivity index (χ1) is 13.0. The maximum Gasteiger partial charge on any atom is 0.324 e. The summed E-state index contributed by atoms with van der Waals surface area (Å²) in [6, 6.07) is 12.8. The van der Waals surface area contributed by atoms with Gasteiger partial charge in [0.25, 0.3) is 0 Å². The number of hydrogen-bond donors (Lipinski definition) is 0. The quantitative estimate of drug-likeness (QED) is 0.632. The standard InChI is InChI=1S/C21H26N2O4/c1-4-26-20(24)15-19(17-10-12-22-13-11-17)27-21(25)18(23(2)3)14-16-8-6-5-7-9-16/h5-13,18-19H,4,14-15H2,1-3H3. The van der Waals surface area contributed by atoms with Gasteiger partial charge in [-0.1, -0.05) is 30.3 Å². The molecule has 0 spiro atoms. The van der Waals surface area contributed by atoms with Gasteiger partial charge in [0.1, 0.15) is 12.1 Å². The number of aromatic nitrogens is 1. The van der Waals surface area contributed by atoms with Crippen molar-refractivity contribution >= 4 is 11.9 Å². The maximum absolute atomic E-state index is 12.9. The third-order valence-electron chi connectivity index (χ3n) is 4.16. The molecule has 144 valence electrons. The summed E-state index contributed by atoms with van der Waals surface area (Å²) in [6.07, 6.45) is 2.99. The van der Waals surface area contributed by atoms with Crippen LogP contribution in [0.25, 0.3) is 0 Å². The minimum atomic E-state index is -0.710. The SMILES string of the molecule is CCOC(=O)CC(OC(=O)C(Cc1ccccc1)N(C)C)c1ccncc1. The van der Waals surface area contributed by atoms with Gasteiger partial charge in [0.2, 0.25) is 0 Å². The van der Waals surface area contributed by atoms with Gasteiger partial charge in [0.15, 0.2) is 0 Å². The lowest BCUT2D eigenvalue weighted by molar-refractivity contribution is -0.159. The number of pyridine rings is 1. The fourth-order valence-electron chi connectivity index (χ4n) is 2.71. The van der Waals surface area contributed by atoms with Crippen molar-refractivity contribution in [1.82, 2.24) is 9.88 Å². The molecule has 2 unspecified atom stereocenters. The van der Waals surface area contributed by atoms with Crippen molar-refractivity contribution in [3.05, 3.63) is 66.0 Å². The highest BCUT2D eigenvalue weighted by atomic mass is 16.6. The number of benzene rings is 1. The first kappa shape index (κ1) is 20.6. The number of hydrogen-bond acceptors (Lipinski definition) is 6. The number of ether oxygens (including phenoxy) is 2. The van der Waals surface area contributed by atoms with E-state index in [0.29, 0.717) is 12.0 Å². The molecule has 0 bridgehead atoms. The van der Waals surface area contributed by atoms with E-state index < -0.39 is 18.1 Å². The topological polar surface area (TPSA) is 68.7 Å². The summed E-state index contributed by atoms with van der Waals surface area (Å²) in [5.74, 6) is -0.786. The van der Waals surface area contributed by atoms with Crippen LogP contribution in [-0.4, -0.2) is 48.6 Å². The van der Waals surface area contributed by atoms with Crippen LogP contribution in [0.1, 0.15) is 30.6 Å². The molecule has 0 aliphatic heterocycles. The molecule has 0 saturated heterocycles. The average molecular weight is 370 g/mol. The van der Waals surface area contributed by atoms with Crippen LogP contribution in [0.15, 0.2) is 54.9 Å². The monoisotopic (exact) mass is 370 g/mol. The highest BCUT2D eigenvalue weighted by molar-refractivity contribution is 5.77. The second-order valence-corrected chi connectivity index (χ2v) is 6.38. The van der Waals surface area contributed by atoms with E-state index in [0.717, 1.165) is 5.56 Å². The molecule has 2 aromatic rings. The Hall–Kier alpha value is -2.73. The van der Waals surface area contributed by atoms with Crippen LogP contribution in [0.3, 0.4) is 0 Å². The molecule has 6 heteroatoms. The molecule has 0 aliphatic carbocycles. The second kappa shape index (κ2) is 10.4. The van der Waals surface area contributed by atoms with Crippen LogP contribution in [0.5, 0.6) is 0 Å². The van der Waals surface area contributed by atoms with E-state index in [1.54, 1.807) is 31.5 Å². The number of rotatable bonds is 9. The highest BCUT2D eigenvalue weighted by Gasteiger charge is 2.28. The predicted molar refractivity (Wildman–Crippen MR) is 102 cm³/mol. The zero-order valence-electron chi connectivity index (χ0n) is 16.0. The van der Waals surface area contributed by atoms with E-state index >= 15 is 0 Å². The smallest absolute Gasteiger partial charge is 0.324 e. The molecule has 0 radical (unpaired) electrons. The molecule has 0 fully saturated rings. The van der Waals surface area contributed by atoms with Gasteiger partial charge in [0.05, 0.1) is 13.0 Å². The van der Waals surface area contributed by atoms with Crippen molar-refractivity contribution in [3.63, 3.8) is 0 Å². The van der Waals surface area contributed by atoms with Crippen LogP contribution >= 0.6 is 0 Å². The van der Waals surface area contributed by atoms with Gasteiger partial charge in [-0.25, -0.2) is 0 Å². The predicted octanol–water partition coefficient (Wildman–Crippen LogP) is 2.79. The van der Waals surface area contributed by atoms with Gasteiger partial charge >= 0.3 is 11.9 Å². The van der Waals surface area contributed by atoms with Gasteiger partial charge in [-0.15, -0.1) is 0 Å². The van der Waals surface area contributed by atoms with E-state index in [-0.39, 0.29) is 19.0 Å². The zero-order chi connectivity index (χ0) is 19.6. The minimum Gasteiger partial charge on any atom is -0.466 e. The Balaban J connectivity index is 2.15. The molecule has 0 aliphatic rings. The zero-order valence-corrected chi connectivity index (χ0v) is 16.0. The molecule has 2 atom stereocenters. The molecule has 0 saturated carbocycles. The fraction of sp³-hybridized carbons (Fsp3) is 0.381. The van der Waals surface area contributed by atoms with Crippen LogP contribution in [0.2, 0.25) is 0 Å². The van der Waals surface area contributed by atoms with E-state index in [2.05, 4.69) is 4.98 Å². The Kier molecular flexibility index (Phi) is 7.95. The van der Waals surface area contributed by atoms with E-state index in [1.807, 2.05) is 49.3 Å². The average Bonchev–Trinajstić information content (AvgIpc) is 2.67. The lowest BCUT2D eigenvalue weighted by Crippen LogP contribution is -2.39. The summed E-state index contributed by atoms with van der Waals surface area (Å²) in [6.45, 7) is 2.03. The number of nitrogens with zero attached hydrogens (tertiary/aromatic N) is 2. The Morgan fingerprint density at radius 2 is 1.74 bits per heavy atom. The van der Waals surface area contributed by atoms with Gasteiger partial charge in [-0.05, 0) is 50.7 Å². The first-order valence-electron chi connectivity index (χ1n) is 8.97. The molecule has 0 amide bonds. The van der Waals surface area contributed by atoms with Crippen molar-refractivity contribution in [2.24, 2.45) is 0 Å². The third-order valence-corrected chi connectivity index (χ3v) is 4.16. The number of carbonyl (C=O) groups excluding carboxylic acids is 2. The van der Waals surface area contributed by atoms with Gasteiger partial charge in [-0.3, -0.25) is 19.5 Å². The van der Waals surface area contributed by atoms with Gasteiger partial charge < -0.3 is 9.47 Å². The lowest BCUT2D eigenvalue weighted by Gasteiger charge is -2.26. The Morgan fingerprint density at radius 1 is 1.07 bits per heavy atom. The summed E-state index contributed by atoms with van der Waals surface area (Å²) in [4.78, 5) is 30.6. The Bertz CT molecular complexity index is 719. The first-order valence-corrected chi connectivity index (χ1v) is 8.97. The number of esters is 2. The summed E-state index contributed by atoms with van der Waals surface area (Å²) >= 11 is 0. The van der Waals surface area contributed by atoms with Crippen molar-refractivity contribution in [2.45, 2.75) is 31.9 Å². The van der Waals surface area contributed by atoms with Crippen LogP contribution < -0.4 is 0 Å². The van der Waals surface area contributed by atoms with Crippen molar-refractivity contribution < 1.29 is 19.1 Å². The number of carbonyl (C=O) groups is 2.